The van der Waals surface area contributed by atoms with Crippen molar-refractivity contribution in [2.24, 2.45) is 5.41 Å². The molecule has 0 bridgehead atoms. The Morgan fingerprint density at radius 1 is 1.31 bits per heavy atom. The molecule has 0 aromatic heterocycles. The molecule has 0 amide bonds. The van der Waals surface area contributed by atoms with Gasteiger partial charge in [-0.2, -0.15) is 0 Å². The van der Waals surface area contributed by atoms with Crippen LogP contribution in [0, 0.1) is 5.41 Å². The highest BCUT2D eigenvalue weighted by Gasteiger charge is 2.59. The summed E-state index contributed by atoms with van der Waals surface area (Å²) in [4.78, 5) is 13.7. The predicted octanol–water partition coefficient (Wildman–Crippen LogP) is 1.09. The lowest BCUT2D eigenvalue weighted by Gasteiger charge is -2.53. The van der Waals surface area contributed by atoms with Crippen LogP contribution in [0.5, 0.6) is 0 Å². The van der Waals surface area contributed by atoms with Gasteiger partial charge in [0.1, 0.15) is 5.41 Å². The monoisotopic (exact) mass is 227 g/mol. The van der Waals surface area contributed by atoms with E-state index in [4.69, 9.17) is 0 Å². The predicted molar refractivity (Wildman–Crippen MR) is 60.2 cm³/mol. The van der Waals surface area contributed by atoms with Crippen molar-refractivity contribution in [2.45, 2.75) is 44.6 Å². The van der Waals surface area contributed by atoms with Gasteiger partial charge in [0.2, 0.25) is 0 Å². The zero-order valence-corrected chi connectivity index (χ0v) is 9.91. The first kappa shape index (κ1) is 11.9. The summed E-state index contributed by atoms with van der Waals surface area (Å²) in [7, 11) is 0. The average Bonchev–Trinajstić information content (AvgIpc) is 2.25. The molecule has 0 aromatic carbocycles. The lowest BCUT2D eigenvalue weighted by molar-refractivity contribution is -0.195. The summed E-state index contributed by atoms with van der Waals surface area (Å²) in [5.74, 6) is -0.812. The van der Waals surface area contributed by atoms with Crippen molar-refractivity contribution in [3.63, 3.8) is 0 Å². The lowest BCUT2D eigenvalue weighted by atomic mass is 9.58. The molecule has 1 saturated heterocycles. The molecule has 2 aliphatic rings. The molecular weight excluding hydrogens is 206 g/mol. The quantitative estimate of drug-likeness (QED) is 0.757. The highest BCUT2D eigenvalue weighted by molar-refractivity contribution is 5.77. The van der Waals surface area contributed by atoms with Crippen molar-refractivity contribution in [3.8, 4) is 0 Å². The van der Waals surface area contributed by atoms with E-state index < -0.39 is 17.0 Å². The molecule has 2 rings (SSSR count). The number of aliphatic hydroxyl groups is 1. The minimum Gasteiger partial charge on any atom is -0.481 e. The van der Waals surface area contributed by atoms with Crippen LogP contribution in [0.15, 0.2) is 0 Å². The van der Waals surface area contributed by atoms with Gasteiger partial charge in [-0.15, -0.1) is 0 Å². The molecule has 1 unspecified atom stereocenters. The van der Waals surface area contributed by atoms with Crippen LogP contribution in [-0.2, 0) is 4.79 Å². The molecule has 2 N–H and O–H groups in total. The molecule has 0 radical (unpaired) electrons. The Morgan fingerprint density at radius 3 is 2.44 bits per heavy atom. The molecule has 0 spiro atoms. The number of hydrogen-bond acceptors (Lipinski definition) is 3. The van der Waals surface area contributed by atoms with Crippen molar-refractivity contribution in [3.05, 3.63) is 0 Å². The molecule has 4 heteroatoms. The molecular formula is C12H21NO3. The van der Waals surface area contributed by atoms with Crippen LogP contribution in [0.3, 0.4) is 0 Å². The normalized spacial score (nSPS) is 34.4. The highest BCUT2D eigenvalue weighted by atomic mass is 16.4. The van der Waals surface area contributed by atoms with E-state index in [1.54, 1.807) is 0 Å². The van der Waals surface area contributed by atoms with Crippen molar-refractivity contribution in [1.82, 2.24) is 4.90 Å². The third kappa shape index (κ3) is 1.55. The van der Waals surface area contributed by atoms with Gasteiger partial charge in [-0.3, -0.25) is 4.79 Å². The fourth-order valence-corrected chi connectivity index (χ4v) is 3.16. The van der Waals surface area contributed by atoms with E-state index in [9.17, 15) is 15.0 Å². The van der Waals surface area contributed by atoms with Crippen molar-refractivity contribution in [2.75, 3.05) is 19.6 Å². The van der Waals surface area contributed by atoms with Gasteiger partial charge in [0, 0.05) is 6.54 Å². The first-order valence-corrected chi connectivity index (χ1v) is 6.22. The number of piperidine rings is 1. The first-order valence-electron chi connectivity index (χ1n) is 6.22. The van der Waals surface area contributed by atoms with E-state index in [-0.39, 0.29) is 0 Å². The Morgan fingerprint density at radius 2 is 2.00 bits per heavy atom. The van der Waals surface area contributed by atoms with Gasteiger partial charge >= 0.3 is 5.97 Å². The van der Waals surface area contributed by atoms with E-state index in [2.05, 4.69) is 4.90 Å². The zero-order chi connectivity index (χ0) is 11.8. The van der Waals surface area contributed by atoms with Gasteiger partial charge in [-0.05, 0) is 45.2 Å². The van der Waals surface area contributed by atoms with E-state index in [1.165, 1.54) is 0 Å². The SMILES string of the molecule is CCN1CCCC(C(=O)O)(C2(O)CCC2)C1. The van der Waals surface area contributed by atoms with Crippen LogP contribution in [0.4, 0.5) is 0 Å². The first-order chi connectivity index (χ1) is 7.54. The summed E-state index contributed by atoms with van der Waals surface area (Å²) in [6.45, 7) is 4.38. The molecule has 1 saturated carbocycles. The van der Waals surface area contributed by atoms with Crippen LogP contribution in [-0.4, -0.2) is 46.3 Å². The Balaban J connectivity index is 2.24. The maximum atomic E-state index is 11.6. The van der Waals surface area contributed by atoms with Crippen LogP contribution in [0.1, 0.15) is 39.0 Å². The maximum absolute atomic E-state index is 11.6. The van der Waals surface area contributed by atoms with Crippen LogP contribution in [0.2, 0.25) is 0 Å². The second kappa shape index (κ2) is 4.00. The van der Waals surface area contributed by atoms with Crippen LogP contribution < -0.4 is 0 Å². The van der Waals surface area contributed by atoms with Crippen LogP contribution in [0.25, 0.3) is 0 Å². The number of likely N-dealkylation sites (tertiary alicyclic amines) is 1. The fourth-order valence-electron chi connectivity index (χ4n) is 3.16. The minimum atomic E-state index is -0.952. The second-order valence-corrected chi connectivity index (χ2v) is 5.24. The molecule has 1 atom stereocenters. The number of hydrogen-bond donors (Lipinski definition) is 2. The summed E-state index contributed by atoms with van der Waals surface area (Å²) in [5.41, 5.74) is -1.87. The van der Waals surface area contributed by atoms with E-state index >= 15 is 0 Å². The molecule has 16 heavy (non-hydrogen) atoms. The third-order valence-electron chi connectivity index (χ3n) is 4.50. The van der Waals surface area contributed by atoms with Gasteiger partial charge in [0.15, 0.2) is 0 Å². The molecule has 4 nitrogen and oxygen atoms in total. The number of rotatable bonds is 3. The molecule has 92 valence electrons. The Hall–Kier alpha value is -0.610. The van der Waals surface area contributed by atoms with Gasteiger partial charge in [0.25, 0.3) is 0 Å². The largest absolute Gasteiger partial charge is 0.481 e. The summed E-state index contributed by atoms with van der Waals surface area (Å²) in [6, 6.07) is 0. The summed E-state index contributed by atoms with van der Waals surface area (Å²) < 4.78 is 0. The van der Waals surface area contributed by atoms with E-state index in [1.807, 2.05) is 6.92 Å². The number of aliphatic carboxylic acids is 1. The fraction of sp³-hybridized carbons (Fsp3) is 0.917. The highest BCUT2D eigenvalue weighted by Crippen LogP contribution is 2.50. The Labute approximate surface area is 96.3 Å². The standard InChI is InChI=1S/C12H21NO3/c1-2-13-8-4-5-11(9-13,10(14)15)12(16)6-3-7-12/h16H,2-9H2,1H3,(H,14,15). The third-order valence-corrected chi connectivity index (χ3v) is 4.50. The van der Waals surface area contributed by atoms with E-state index in [0.29, 0.717) is 25.8 Å². The molecule has 2 fully saturated rings. The van der Waals surface area contributed by atoms with Gasteiger partial charge < -0.3 is 15.1 Å². The van der Waals surface area contributed by atoms with Crippen molar-refractivity contribution < 1.29 is 15.0 Å². The Kier molecular flexibility index (Phi) is 2.97. The molecule has 1 aliphatic carbocycles. The molecule has 0 aromatic rings. The van der Waals surface area contributed by atoms with Gasteiger partial charge in [-0.25, -0.2) is 0 Å². The topological polar surface area (TPSA) is 60.8 Å². The summed E-state index contributed by atoms with van der Waals surface area (Å²) in [5, 5.41) is 20.0. The zero-order valence-electron chi connectivity index (χ0n) is 9.91. The second-order valence-electron chi connectivity index (χ2n) is 5.24. The summed E-state index contributed by atoms with van der Waals surface area (Å²) in [6.07, 6.45) is 3.75. The smallest absolute Gasteiger partial charge is 0.313 e. The number of carboxylic acid groups (broad SMARTS) is 1. The summed E-state index contributed by atoms with van der Waals surface area (Å²) >= 11 is 0. The maximum Gasteiger partial charge on any atom is 0.313 e. The molecule has 1 heterocycles. The van der Waals surface area contributed by atoms with Crippen molar-refractivity contribution >= 4 is 5.97 Å². The molecule has 1 aliphatic heterocycles. The number of carbonyl (C=O) groups is 1. The van der Waals surface area contributed by atoms with Crippen LogP contribution >= 0.6 is 0 Å². The number of carboxylic acids is 1. The Bertz CT molecular complexity index is 288. The minimum absolute atomic E-state index is 0.509. The van der Waals surface area contributed by atoms with Gasteiger partial charge in [0.05, 0.1) is 5.60 Å². The van der Waals surface area contributed by atoms with Crippen molar-refractivity contribution in [1.29, 1.82) is 0 Å². The van der Waals surface area contributed by atoms with Gasteiger partial charge in [-0.1, -0.05) is 6.92 Å². The lowest BCUT2D eigenvalue weighted by Crippen LogP contribution is -2.63. The number of nitrogens with zero attached hydrogens (tertiary/aromatic N) is 1. The average molecular weight is 227 g/mol. The van der Waals surface area contributed by atoms with E-state index in [0.717, 1.165) is 25.9 Å².